The summed E-state index contributed by atoms with van der Waals surface area (Å²) >= 11 is 6.01. The van der Waals surface area contributed by atoms with E-state index in [1.165, 1.54) is 5.56 Å². The van der Waals surface area contributed by atoms with Gasteiger partial charge in [-0.3, -0.25) is 4.79 Å². The molecule has 1 atom stereocenters. The molecule has 26 heavy (non-hydrogen) atoms. The predicted molar refractivity (Wildman–Crippen MR) is 108 cm³/mol. The standard InChI is InChI=1S/C22H28ClNO2/c1-14(2)17-6-8-18(9-7-17)22(15(3)4)24-21(25)13-26-19-10-11-20(23)16(5)12-19/h6-12,14-15,22H,13H2,1-5H3,(H,24,25)/t22-/m1/s1. The maximum atomic E-state index is 12.4. The van der Waals surface area contributed by atoms with E-state index < -0.39 is 0 Å². The molecule has 0 aliphatic carbocycles. The molecule has 0 aliphatic heterocycles. The largest absolute Gasteiger partial charge is 0.484 e. The van der Waals surface area contributed by atoms with Gasteiger partial charge in [0.05, 0.1) is 6.04 Å². The SMILES string of the molecule is Cc1cc(OCC(=O)N[C@@H](c2ccc(C(C)C)cc2)C(C)C)ccc1Cl. The molecule has 2 aromatic rings. The van der Waals surface area contributed by atoms with Crippen LogP contribution in [0, 0.1) is 12.8 Å². The Kier molecular flexibility index (Phi) is 7.10. The Morgan fingerprint density at radius 3 is 2.19 bits per heavy atom. The van der Waals surface area contributed by atoms with Crippen molar-refractivity contribution in [1.82, 2.24) is 5.32 Å². The van der Waals surface area contributed by atoms with Gasteiger partial charge in [-0.15, -0.1) is 0 Å². The zero-order valence-corrected chi connectivity index (χ0v) is 16.9. The number of carbonyl (C=O) groups excluding carboxylic acids is 1. The maximum absolute atomic E-state index is 12.4. The number of halogens is 1. The Morgan fingerprint density at radius 2 is 1.65 bits per heavy atom. The predicted octanol–water partition coefficient (Wildman–Crippen LogP) is 5.66. The summed E-state index contributed by atoms with van der Waals surface area (Å²) in [6.07, 6.45) is 0. The van der Waals surface area contributed by atoms with Gasteiger partial charge in [0.2, 0.25) is 0 Å². The second-order valence-corrected chi connectivity index (χ2v) is 7.72. The monoisotopic (exact) mass is 373 g/mol. The van der Waals surface area contributed by atoms with Crippen molar-refractivity contribution in [3.63, 3.8) is 0 Å². The summed E-state index contributed by atoms with van der Waals surface area (Å²) in [5, 5.41) is 3.77. The number of aryl methyl sites for hydroxylation is 1. The zero-order valence-electron chi connectivity index (χ0n) is 16.2. The lowest BCUT2D eigenvalue weighted by Crippen LogP contribution is -2.35. The molecule has 0 radical (unpaired) electrons. The van der Waals surface area contributed by atoms with Gasteiger partial charge in [0, 0.05) is 5.02 Å². The first-order valence-corrected chi connectivity index (χ1v) is 9.44. The van der Waals surface area contributed by atoms with Gasteiger partial charge in [0.25, 0.3) is 5.91 Å². The van der Waals surface area contributed by atoms with Crippen LogP contribution >= 0.6 is 11.6 Å². The van der Waals surface area contributed by atoms with Crippen molar-refractivity contribution in [2.75, 3.05) is 6.61 Å². The molecule has 4 heteroatoms. The highest BCUT2D eigenvalue weighted by Gasteiger charge is 2.19. The molecular weight excluding hydrogens is 346 g/mol. The van der Waals surface area contributed by atoms with E-state index in [2.05, 4.69) is 57.3 Å². The van der Waals surface area contributed by atoms with E-state index in [0.717, 1.165) is 11.1 Å². The molecule has 1 N–H and O–H groups in total. The number of hydrogen-bond donors (Lipinski definition) is 1. The number of hydrogen-bond acceptors (Lipinski definition) is 2. The van der Waals surface area contributed by atoms with Gasteiger partial charge >= 0.3 is 0 Å². The van der Waals surface area contributed by atoms with Crippen LogP contribution in [0.3, 0.4) is 0 Å². The molecule has 2 rings (SSSR count). The van der Waals surface area contributed by atoms with Gasteiger partial charge in [0.1, 0.15) is 5.75 Å². The van der Waals surface area contributed by atoms with E-state index in [9.17, 15) is 4.79 Å². The van der Waals surface area contributed by atoms with Crippen LogP contribution in [-0.2, 0) is 4.79 Å². The first kappa shape index (κ1) is 20.3. The quantitative estimate of drug-likeness (QED) is 0.679. The number of carbonyl (C=O) groups is 1. The summed E-state index contributed by atoms with van der Waals surface area (Å²) in [5.74, 6) is 1.28. The Balaban J connectivity index is 2.00. The number of nitrogens with one attached hydrogen (secondary N) is 1. The summed E-state index contributed by atoms with van der Waals surface area (Å²) in [6, 6.07) is 13.8. The van der Waals surface area contributed by atoms with Crippen molar-refractivity contribution in [1.29, 1.82) is 0 Å². The summed E-state index contributed by atoms with van der Waals surface area (Å²) in [6.45, 7) is 10.4. The highest BCUT2D eigenvalue weighted by Crippen LogP contribution is 2.24. The molecule has 0 saturated heterocycles. The molecule has 0 bridgehead atoms. The van der Waals surface area contributed by atoms with Crippen molar-refractivity contribution in [3.8, 4) is 5.75 Å². The average molecular weight is 374 g/mol. The van der Waals surface area contributed by atoms with Crippen LogP contribution in [0.1, 0.15) is 56.3 Å². The van der Waals surface area contributed by atoms with Crippen molar-refractivity contribution in [2.24, 2.45) is 5.92 Å². The Morgan fingerprint density at radius 1 is 1.04 bits per heavy atom. The number of amides is 1. The lowest BCUT2D eigenvalue weighted by atomic mass is 9.93. The van der Waals surface area contributed by atoms with Crippen LogP contribution in [0.4, 0.5) is 0 Å². The van der Waals surface area contributed by atoms with E-state index in [-0.39, 0.29) is 24.5 Å². The number of rotatable bonds is 7. The van der Waals surface area contributed by atoms with E-state index in [1.54, 1.807) is 12.1 Å². The van der Waals surface area contributed by atoms with E-state index in [4.69, 9.17) is 16.3 Å². The molecule has 0 heterocycles. The average Bonchev–Trinajstić information content (AvgIpc) is 2.60. The minimum absolute atomic E-state index is 0.0195. The van der Waals surface area contributed by atoms with Crippen LogP contribution in [0.25, 0.3) is 0 Å². The summed E-state index contributed by atoms with van der Waals surface area (Å²) in [7, 11) is 0. The molecule has 140 valence electrons. The first-order valence-electron chi connectivity index (χ1n) is 9.06. The smallest absolute Gasteiger partial charge is 0.258 e. The van der Waals surface area contributed by atoms with Gasteiger partial charge in [-0.05, 0) is 53.6 Å². The first-order chi connectivity index (χ1) is 12.3. The Labute approximate surface area is 161 Å². The summed E-state index contributed by atoms with van der Waals surface area (Å²) in [4.78, 5) is 12.4. The van der Waals surface area contributed by atoms with Crippen LogP contribution in [0.15, 0.2) is 42.5 Å². The molecular formula is C22H28ClNO2. The molecule has 0 aromatic heterocycles. The number of ether oxygens (including phenoxy) is 1. The molecule has 0 fully saturated rings. The molecule has 0 aliphatic rings. The Hall–Kier alpha value is -2.00. The lowest BCUT2D eigenvalue weighted by Gasteiger charge is -2.23. The van der Waals surface area contributed by atoms with Crippen molar-refractivity contribution in [2.45, 2.75) is 46.6 Å². The molecule has 2 aromatic carbocycles. The minimum Gasteiger partial charge on any atom is -0.484 e. The highest BCUT2D eigenvalue weighted by molar-refractivity contribution is 6.31. The fourth-order valence-corrected chi connectivity index (χ4v) is 2.91. The van der Waals surface area contributed by atoms with E-state index in [0.29, 0.717) is 16.7 Å². The third-order valence-corrected chi connectivity index (χ3v) is 4.87. The highest BCUT2D eigenvalue weighted by atomic mass is 35.5. The van der Waals surface area contributed by atoms with Crippen molar-refractivity contribution < 1.29 is 9.53 Å². The number of benzene rings is 2. The van der Waals surface area contributed by atoms with Crippen LogP contribution < -0.4 is 10.1 Å². The van der Waals surface area contributed by atoms with Gasteiger partial charge in [-0.1, -0.05) is 63.6 Å². The van der Waals surface area contributed by atoms with Crippen molar-refractivity contribution in [3.05, 3.63) is 64.2 Å². The normalized spacial score (nSPS) is 12.3. The molecule has 3 nitrogen and oxygen atoms in total. The summed E-state index contributed by atoms with van der Waals surface area (Å²) in [5.41, 5.74) is 3.33. The fraction of sp³-hybridized carbons (Fsp3) is 0.409. The van der Waals surface area contributed by atoms with Crippen LogP contribution in [0.2, 0.25) is 5.02 Å². The van der Waals surface area contributed by atoms with Crippen molar-refractivity contribution >= 4 is 17.5 Å². The molecule has 1 amide bonds. The maximum Gasteiger partial charge on any atom is 0.258 e. The topological polar surface area (TPSA) is 38.3 Å². The molecule has 0 spiro atoms. The van der Waals surface area contributed by atoms with Gasteiger partial charge in [0.15, 0.2) is 6.61 Å². The molecule has 0 unspecified atom stereocenters. The lowest BCUT2D eigenvalue weighted by molar-refractivity contribution is -0.124. The second-order valence-electron chi connectivity index (χ2n) is 7.31. The van der Waals surface area contributed by atoms with Gasteiger partial charge < -0.3 is 10.1 Å². The third-order valence-electron chi connectivity index (χ3n) is 4.44. The zero-order chi connectivity index (χ0) is 19.3. The van der Waals surface area contributed by atoms with Crippen LogP contribution in [0.5, 0.6) is 5.75 Å². The van der Waals surface area contributed by atoms with Crippen LogP contribution in [-0.4, -0.2) is 12.5 Å². The Bertz CT molecular complexity index is 738. The van der Waals surface area contributed by atoms with E-state index >= 15 is 0 Å². The fourth-order valence-electron chi connectivity index (χ4n) is 2.79. The minimum atomic E-state index is -0.135. The molecule has 0 saturated carbocycles. The third kappa shape index (κ3) is 5.50. The van der Waals surface area contributed by atoms with E-state index in [1.807, 2.05) is 13.0 Å². The summed E-state index contributed by atoms with van der Waals surface area (Å²) < 4.78 is 5.60. The van der Waals surface area contributed by atoms with Gasteiger partial charge in [-0.2, -0.15) is 0 Å². The van der Waals surface area contributed by atoms with Gasteiger partial charge in [-0.25, -0.2) is 0 Å². The second kappa shape index (κ2) is 9.09.